The molecule has 58 valence electrons. The third-order valence-corrected chi connectivity index (χ3v) is 1.78. The molecular formula is C10H12O. The number of hydrogen-bond acceptors (Lipinski definition) is 1. The number of benzene rings is 1. The van der Waals surface area contributed by atoms with Crippen molar-refractivity contribution >= 4 is 0 Å². The van der Waals surface area contributed by atoms with Crippen LogP contribution in [0.3, 0.4) is 0 Å². The van der Waals surface area contributed by atoms with Gasteiger partial charge in [-0.25, -0.2) is 0 Å². The predicted molar refractivity (Wildman–Crippen MR) is 46.7 cm³/mol. The van der Waals surface area contributed by atoms with Gasteiger partial charge in [-0.1, -0.05) is 31.2 Å². The van der Waals surface area contributed by atoms with Crippen LogP contribution in [0, 0.1) is 0 Å². The van der Waals surface area contributed by atoms with Gasteiger partial charge in [0.25, 0.3) is 0 Å². The van der Waals surface area contributed by atoms with E-state index in [9.17, 15) is 5.11 Å². The second kappa shape index (κ2) is 3.24. The fourth-order valence-electron chi connectivity index (χ4n) is 1.000. The maximum atomic E-state index is 9.36. The van der Waals surface area contributed by atoms with Crippen LogP contribution in [0.5, 0.6) is 5.75 Å². The lowest BCUT2D eigenvalue weighted by atomic mass is 10.0. The van der Waals surface area contributed by atoms with Crippen molar-refractivity contribution in [2.75, 3.05) is 0 Å². The number of allylic oxidation sites excluding steroid dienone is 1. The van der Waals surface area contributed by atoms with Crippen LogP contribution in [0.15, 0.2) is 36.9 Å². The molecule has 0 aliphatic rings. The van der Waals surface area contributed by atoms with E-state index in [4.69, 9.17) is 0 Å². The molecule has 0 heterocycles. The van der Waals surface area contributed by atoms with Gasteiger partial charge in [-0.2, -0.15) is 0 Å². The van der Waals surface area contributed by atoms with E-state index in [2.05, 4.69) is 6.58 Å². The quantitative estimate of drug-likeness (QED) is 0.639. The molecule has 1 atom stereocenters. The number of phenolic OH excluding ortho intramolecular Hbond substituents is 1. The smallest absolute Gasteiger partial charge is 0.119 e. The van der Waals surface area contributed by atoms with Gasteiger partial charge < -0.3 is 5.11 Å². The summed E-state index contributed by atoms with van der Waals surface area (Å²) in [6.07, 6.45) is 1.81. The van der Waals surface area contributed by atoms with Crippen LogP contribution in [0.25, 0.3) is 0 Å². The lowest BCUT2D eigenvalue weighted by Crippen LogP contribution is -1.87. The minimum atomic E-state index is 0.219. The largest absolute Gasteiger partial charge is 0.508 e. The van der Waals surface area contributed by atoms with Gasteiger partial charge in [0, 0.05) is 11.5 Å². The Kier molecular flexibility index (Phi) is 2.32. The highest BCUT2D eigenvalue weighted by Gasteiger charge is 2.03. The van der Waals surface area contributed by atoms with E-state index in [1.165, 1.54) is 0 Å². The molecule has 1 heteroatoms. The van der Waals surface area contributed by atoms with E-state index in [0.29, 0.717) is 5.75 Å². The van der Waals surface area contributed by atoms with Gasteiger partial charge >= 0.3 is 0 Å². The molecule has 0 aliphatic carbocycles. The number of hydrogen-bond donors (Lipinski definition) is 1. The Morgan fingerprint density at radius 2 is 2.09 bits per heavy atom. The summed E-state index contributed by atoms with van der Waals surface area (Å²) in [6.45, 7) is 5.67. The van der Waals surface area contributed by atoms with Crippen molar-refractivity contribution in [3.63, 3.8) is 0 Å². The maximum Gasteiger partial charge on any atom is 0.119 e. The zero-order valence-electron chi connectivity index (χ0n) is 6.62. The first kappa shape index (κ1) is 7.86. The second-order valence-corrected chi connectivity index (χ2v) is 2.58. The monoisotopic (exact) mass is 148 g/mol. The Morgan fingerprint density at radius 1 is 1.45 bits per heavy atom. The van der Waals surface area contributed by atoms with E-state index < -0.39 is 0 Å². The minimum Gasteiger partial charge on any atom is -0.508 e. The highest BCUT2D eigenvalue weighted by Crippen LogP contribution is 2.24. The molecule has 1 rings (SSSR count). The van der Waals surface area contributed by atoms with Crippen molar-refractivity contribution in [1.29, 1.82) is 0 Å². The van der Waals surface area contributed by atoms with Gasteiger partial charge in [-0.05, 0) is 6.07 Å². The predicted octanol–water partition coefficient (Wildman–Crippen LogP) is 2.68. The molecule has 1 unspecified atom stereocenters. The lowest BCUT2D eigenvalue weighted by Gasteiger charge is -2.07. The molecular weight excluding hydrogens is 136 g/mol. The number of phenols is 1. The third kappa shape index (κ3) is 1.61. The summed E-state index contributed by atoms with van der Waals surface area (Å²) in [5.41, 5.74) is 0.933. The van der Waals surface area contributed by atoms with Crippen LogP contribution in [-0.4, -0.2) is 5.11 Å². The van der Waals surface area contributed by atoms with Crippen molar-refractivity contribution < 1.29 is 5.11 Å². The fraction of sp³-hybridized carbons (Fsp3) is 0.200. The number of aromatic hydroxyl groups is 1. The summed E-state index contributed by atoms with van der Waals surface area (Å²) in [6, 6.07) is 7.32. The first-order chi connectivity index (χ1) is 5.25. The first-order valence-electron chi connectivity index (χ1n) is 3.66. The average Bonchev–Trinajstić information content (AvgIpc) is 2.04. The molecule has 0 saturated carbocycles. The van der Waals surface area contributed by atoms with E-state index in [0.717, 1.165) is 5.56 Å². The topological polar surface area (TPSA) is 20.2 Å². The number of rotatable bonds is 2. The van der Waals surface area contributed by atoms with E-state index in [1.807, 2.05) is 31.2 Å². The van der Waals surface area contributed by atoms with Crippen LogP contribution in [0.1, 0.15) is 18.4 Å². The molecule has 0 saturated heterocycles. The summed E-state index contributed by atoms with van der Waals surface area (Å²) in [7, 11) is 0. The molecule has 11 heavy (non-hydrogen) atoms. The fourth-order valence-corrected chi connectivity index (χ4v) is 1.000. The van der Waals surface area contributed by atoms with E-state index >= 15 is 0 Å². The SMILES string of the molecule is C=CC(C)c1ccccc1O. The van der Waals surface area contributed by atoms with Crippen LogP contribution < -0.4 is 0 Å². The standard InChI is InChI=1S/C10H12O/c1-3-8(2)9-6-4-5-7-10(9)11/h3-8,11H,1H2,2H3. The van der Waals surface area contributed by atoms with Gasteiger partial charge in [0.2, 0.25) is 0 Å². The molecule has 0 radical (unpaired) electrons. The maximum absolute atomic E-state index is 9.36. The Bertz CT molecular complexity index is 253. The summed E-state index contributed by atoms with van der Waals surface area (Å²) in [4.78, 5) is 0. The molecule has 1 aromatic rings. The van der Waals surface area contributed by atoms with E-state index in [-0.39, 0.29) is 5.92 Å². The Hall–Kier alpha value is -1.24. The summed E-state index contributed by atoms with van der Waals surface area (Å²) in [5, 5.41) is 9.36. The Labute approximate surface area is 67.0 Å². The van der Waals surface area contributed by atoms with Crippen molar-refractivity contribution in [2.45, 2.75) is 12.8 Å². The molecule has 0 amide bonds. The van der Waals surface area contributed by atoms with Crippen LogP contribution >= 0.6 is 0 Å². The van der Waals surface area contributed by atoms with Crippen LogP contribution in [0.2, 0.25) is 0 Å². The van der Waals surface area contributed by atoms with Gasteiger partial charge in [0.15, 0.2) is 0 Å². The Balaban J connectivity index is 3.02. The summed E-state index contributed by atoms with van der Waals surface area (Å²) >= 11 is 0. The first-order valence-corrected chi connectivity index (χ1v) is 3.66. The molecule has 0 aliphatic heterocycles. The molecule has 0 spiro atoms. The van der Waals surface area contributed by atoms with Crippen LogP contribution in [0.4, 0.5) is 0 Å². The normalized spacial score (nSPS) is 12.5. The molecule has 0 fully saturated rings. The van der Waals surface area contributed by atoms with Crippen LogP contribution in [-0.2, 0) is 0 Å². The van der Waals surface area contributed by atoms with Crippen molar-refractivity contribution in [1.82, 2.24) is 0 Å². The molecule has 1 aromatic carbocycles. The minimum absolute atomic E-state index is 0.219. The van der Waals surface area contributed by atoms with Crippen molar-refractivity contribution in [2.24, 2.45) is 0 Å². The second-order valence-electron chi connectivity index (χ2n) is 2.58. The molecule has 0 bridgehead atoms. The average molecular weight is 148 g/mol. The summed E-state index contributed by atoms with van der Waals surface area (Å²) < 4.78 is 0. The number of para-hydroxylation sites is 1. The van der Waals surface area contributed by atoms with Gasteiger partial charge in [0.1, 0.15) is 5.75 Å². The van der Waals surface area contributed by atoms with Crippen molar-refractivity contribution in [3.05, 3.63) is 42.5 Å². The zero-order chi connectivity index (χ0) is 8.27. The van der Waals surface area contributed by atoms with Crippen molar-refractivity contribution in [3.8, 4) is 5.75 Å². The Morgan fingerprint density at radius 3 is 2.64 bits per heavy atom. The molecule has 0 aromatic heterocycles. The molecule has 1 nitrogen and oxygen atoms in total. The van der Waals surface area contributed by atoms with E-state index in [1.54, 1.807) is 6.07 Å². The third-order valence-electron chi connectivity index (χ3n) is 1.78. The summed E-state index contributed by atoms with van der Waals surface area (Å²) in [5.74, 6) is 0.566. The van der Waals surface area contributed by atoms with Gasteiger partial charge in [-0.15, -0.1) is 6.58 Å². The lowest BCUT2D eigenvalue weighted by molar-refractivity contribution is 0.466. The highest BCUT2D eigenvalue weighted by atomic mass is 16.3. The highest BCUT2D eigenvalue weighted by molar-refractivity contribution is 5.36. The zero-order valence-corrected chi connectivity index (χ0v) is 6.62. The molecule has 1 N–H and O–H groups in total. The van der Waals surface area contributed by atoms with Gasteiger partial charge in [0.05, 0.1) is 0 Å². The van der Waals surface area contributed by atoms with Gasteiger partial charge in [-0.3, -0.25) is 0 Å².